The molecule has 1 aliphatic rings. The molecule has 2 amide bonds. The second-order valence-electron chi connectivity index (χ2n) is 8.13. The fourth-order valence-electron chi connectivity index (χ4n) is 3.58. The normalized spacial score (nSPS) is 16.0. The third-order valence-electron chi connectivity index (χ3n) is 5.56. The maximum Gasteiger partial charge on any atom is 0.326 e. The van der Waals surface area contributed by atoms with Crippen molar-refractivity contribution in [3.05, 3.63) is 42.3 Å². The third-order valence-corrected chi connectivity index (χ3v) is 6.38. The molecule has 10 heteroatoms. The van der Waals surface area contributed by atoms with Gasteiger partial charge in [0.25, 0.3) is 0 Å². The lowest BCUT2D eigenvalue weighted by atomic mass is 9.94. The fourth-order valence-corrected chi connectivity index (χ4v) is 3.64. The summed E-state index contributed by atoms with van der Waals surface area (Å²) in [5, 5.41) is 14.5. The lowest BCUT2D eigenvalue weighted by molar-refractivity contribution is -0.143. The predicted octanol–water partition coefficient (Wildman–Crippen LogP) is 3.57. The monoisotopic (exact) mass is 507 g/mol. The lowest BCUT2D eigenvalue weighted by Crippen LogP contribution is -2.61. The Kier molecular flexibility index (Phi) is 11.0. The molecule has 34 heavy (non-hydrogen) atoms. The fraction of sp³-hybridized carbons (Fsp3) is 0.500. The van der Waals surface area contributed by atoms with Gasteiger partial charge in [-0.2, -0.15) is 24.4 Å². The van der Waals surface area contributed by atoms with Crippen LogP contribution in [0.2, 0.25) is 0 Å². The van der Waals surface area contributed by atoms with E-state index < -0.39 is 28.7 Å². The van der Waals surface area contributed by atoms with Crippen molar-refractivity contribution in [2.75, 3.05) is 12.0 Å². The molecule has 3 N–H and O–H groups in total. The number of hydrogen-bond donors (Lipinski definition) is 4. The van der Waals surface area contributed by atoms with Gasteiger partial charge in [0.05, 0.1) is 11.5 Å². The van der Waals surface area contributed by atoms with Crippen molar-refractivity contribution < 1.29 is 23.9 Å². The van der Waals surface area contributed by atoms with Gasteiger partial charge in [-0.25, -0.2) is 4.79 Å². The van der Waals surface area contributed by atoms with Crippen LogP contribution in [0.5, 0.6) is 0 Å². The number of pyridine rings is 1. The van der Waals surface area contributed by atoms with Crippen LogP contribution in [-0.4, -0.2) is 56.7 Å². The van der Waals surface area contributed by atoms with Crippen LogP contribution in [-0.2, 0) is 20.8 Å². The number of rotatable bonds is 9. The summed E-state index contributed by atoms with van der Waals surface area (Å²) in [6.07, 6.45) is 7.78. The minimum absolute atomic E-state index is 0.0690. The number of aliphatic carboxylic acids is 1. The maximum absolute atomic E-state index is 13.0. The highest BCUT2D eigenvalue weighted by molar-refractivity contribution is 7.98. The van der Waals surface area contributed by atoms with Gasteiger partial charge in [-0.1, -0.05) is 25.8 Å². The van der Waals surface area contributed by atoms with Crippen molar-refractivity contribution in [1.82, 2.24) is 15.6 Å². The highest BCUT2D eigenvalue weighted by atomic mass is 32.2. The first kappa shape index (κ1) is 27.8. The van der Waals surface area contributed by atoms with Crippen molar-refractivity contribution in [2.24, 2.45) is 0 Å². The predicted molar refractivity (Wildman–Crippen MR) is 137 cm³/mol. The molecule has 1 fully saturated rings. The summed E-state index contributed by atoms with van der Waals surface area (Å²) in [7, 11) is 0. The van der Waals surface area contributed by atoms with E-state index in [0.29, 0.717) is 29.9 Å². The number of furan rings is 1. The zero-order valence-corrected chi connectivity index (χ0v) is 21.5. The number of aromatic nitrogens is 1. The number of carbonyl (C=O) groups is 3. The van der Waals surface area contributed by atoms with E-state index in [4.69, 9.17) is 4.42 Å². The van der Waals surface area contributed by atoms with Crippen LogP contribution in [0.3, 0.4) is 0 Å². The van der Waals surface area contributed by atoms with Gasteiger partial charge in [0, 0.05) is 12.6 Å². The topological polar surface area (TPSA) is 122 Å². The molecule has 0 saturated heterocycles. The second kappa shape index (κ2) is 13.4. The summed E-state index contributed by atoms with van der Waals surface area (Å²) in [6.45, 7) is 3.77. The Hall–Kier alpha value is -2.46. The van der Waals surface area contributed by atoms with Crippen molar-refractivity contribution in [2.45, 2.75) is 62.8 Å². The summed E-state index contributed by atoms with van der Waals surface area (Å²) in [5.41, 5.74) is 0.197. The first-order chi connectivity index (χ1) is 16.2. The van der Waals surface area contributed by atoms with Crippen LogP contribution >= 0.6 is 24.4 Å². The first-order valence-corrected chi connectivity index (χ1v) is 13.1. The van der Waals surface area contributed by atoms with E-state index >= 15 is 0 Å². The van der Waals surface area contributed by atoms with Crippen molar-refractivity contribution in [3.8, 4) is 11.5 Å². The van der Waals surface area contributed by atoms with Gasteiger partial charge in [-0.15, -0.1) is 0 Å². The summed E-state index contributed by atoms with van der Waals surface area (Å²) >= 11 is 5.98. The molecule has 2 unspecified atom stereocenters. The van der Waals surface area contributed by atoms with Gasteiger partial charge < -0.3 is 20.2 Å². The quantitative estimate of drug-likeness (QED) is 0.383. The smallest absolute Gasteiger partial charge is 0.326 e. The van der Waals surface area contributed by atoms with Crippen LogP contribution < -0.4 is 10.6 Å². The van der Waals surface area contributed by atoms with Crippen molar-refractivity contribution in [1.29, 1.82) is 0 Å². The zero-order valence-electron chi connectivity index (χ0n) is 19.7. The molecular formula is C24H33N3O5S2. The van der Waals surface area contributed by atoms with Crippen LogP contribution in [0.1, 0.15) is 45.1 Å². The second-order valence-corrected chi connectivity index (χ2v) is 10.1. The van der Waals surface area contributed by atoms with E-state index in [1.165, 1.54) is 5.75 Å². The molecule has 0 spiro atoms. The average Bonchev–Trinajstić information content (AvgIpc) is 3.52. The van der Waals surface area contributed by atoms with E-state index in [9.17, 15) is 19.5 Å². The van der Waals surface area contributed by atoms with E-state index in [1.54, 1.807) is 43.6 Å². The molecule has 0 aromatic carbocycles. The Labute approximate surface area is 210 Å². The van der Waals surface area contributed by atoms with E-state index in [2.05, 4.69) is 41.4 Å². The molecule has 186 valence electrons. The molecule has 2 aromatic heterocycles. The number of nitrogens with zero attached hydrogens (tertiary/aromatic N) is 1. The molecule has 8 nitrogen and oxygen atoms in total. The Morgan fingerprint density at radius 1 is 1.26 bits per heavy atom. The number of carbonyl (C=O) groups excluding carboxylic acids is 2. The Bertz CT molecular complexity index is 925. The summed E-state index contributed by atoms with van der Waals surface area (Å²) in [5.74, 6) is -0.127. The van der Waals surface area contributed by atoms with Crippen LogP contribution in [0.4, 0.5) is 0 Å². The van der Waals surface area contributed by atoms with Gasteiger partial charge in [-0.3, -0.25) is 14.6 Å². The third kappa shape index (κ3) is 7.80. The number of carboxylic acid groups (broad SMARTS) is 1. The molecular weight excluding hydrogens is 474 g/mol. The van der Waals surface area contributed by atoms with Gasteiger partial charge >= 0.3 is 5.97 Å². The molecule has 2 aromatic rings. The van der Waals surface area contributed by atoms with Crippen LogP contribution in [0.15, 0.2) is 41.1 Å². The van der Waals surface area contributed by atoms with Gasteiger partial charge in [-0.05, 0) is 55.5 Å². The Morgan fingerprint density at radius 2 is 1.94 bits per heavy atom. The SMILES string of the molecule is CC(S)C(=O)NC1(C(=O)NC(Cc2ccc(-c3ccco3)nc2)C(=O)O)CCCC1.CCSC. The Balaban J connectivity index is 0.000000945. The standard InChI is InChI=1S/C21H25N3O5S.C3H8S/c1-13(30)18(25)24-21(8-2-3-9-21)20(28)23-16(19(26)27)11-14-6-7-15(22-12-14)17-5-4-10-29-17;1-3-4-2/h4-7,10,12-13,16,30H,2-3,8-9,11H2,1H3,(H,23,28)(H,24,25)(H,26,27);3H2,1-2H3. The molecule has 3 rings (SSSR count). The zero-order chi connectivity index (χ0) is 25.1. The van der Waals surface area contributed by atoms with E-state index in [1.807, 2.05) is 11.8 Å². The van der Waals surface area contributed by atoms with Crippen LogP contribution in [0.25, 0.3) is 11.5 Å². The molecule has 2 heterocycles. The van der Waals surface area contributed by atoms with Crippen LogP contribution in [0, 0.1) is 0 Å². The Morgan fingerprint density at radius 3 is 2.41 bits per heavy atom. The summed E-state index contributed by atoms with van der Waals surface area (Å²) < 4.78 is 5.29. The summed E-state index contributed by atoms with van der Waals surface area (Å²) in [4.78, 5) is 41.2. The van der Waals surface area contributed by atoms with E-state index in [0.717, 1.165) is 12.8 Å². The van der Waals surface area contributed by atoms with Gasteiger partial charge in [0.1, 0.15) is 17.3 Å². The minimum Gasteiger partial charge on any atom is -0.480 e. The molecule has 1 aliphatic carbocycles. The number of thiol groups is 1. The van der Waals surface area contributed by atoms with Crippen molar-refractivity contribution in [3.63, 3.8) is 0 Å². The first-order valence-electron chi connectivity index (χ1n) is 11.2. The average molecular weight is 508 g/mol. The largest absolute Gasteiger partial charge is 0.480 e. The highest BCUT2D eigenvalue weighted by Gasteiger charge is 2.44. The molecule has 0 aliphatic heterocycles. The number of thioether (sulfide) groups is 1. The molecule has 1 saturated carbocycles. The number of nitrogens with one attached hydrogen (secondary N) is 2. The molecule has 0 bridgehead atoms. The molecule has 0 radical (unpaired) electrons. The number of hydrogen-bond acceptors (Lipinski definition) is 7. The van der Waals surface area contributed by atoms with Crippen molar-refractivity contribution >= 4 is 42.2 Å². The molecule has 2 atom stereocenters. The highest BCUT2D eigenvalue weighted by Crippen LogP contribution is 2.30. The number of amides is 2. The maximum atomic E-state index is 13.0. The lowest BCUT2D eigenvalue weighted by Gasteiger charge is -2.31. The van der Waals surface area contributed by atoms with Gasteiger partial charge in [0.2, 0.25) is 11.8 Å². The minimum atomic E-state index is -1.15. The van der Waals surface area contributed by atoms with Gasteiger partial charge in [0.15, 0.2) is 5.76 Å². The summed E-state index contributed by atoms with van der Waals surface area (Å²) in [6, 6.07) is 5.89. The van der Waals surface area contributed by atoms with E-state index in [-0.39, 0.29) is 12.3 Å². The number of carboxylic acids is 1.